The molecule has 0 aromatic carbocycles. The van der Waals surface area contributed by atoms with E-state index in [0.29, 0.717) is 6.61 Å². The largest absolute Gasteiger partial charge is 0.413 e. The Hall–Kier alpha value is -0.443. The molecule has 3 nitrogen and oxygen atoms in total. The first kappa shape index (κ1) is 16.6. The van der Waals surface area contributed by atoms with Crippen molar-refractivity contribution in [3.8, 4) is 0 Å². The van der Waals surface area contributed by atoms with Gasteiger partial charge in [-0.05, 0) is 43.1 Å². The van der Waals surface area contributed by atoms with Crippen LogP contribution in [0.5, 0.6) is 0 Å². The molecule has 0 spiro atoms. The van der Waals surface area contributed by atoms with E-state index in [9.17, 15) is 4.57 Å². The Bertz CT molecular complexity index is 488. The predicted molar refractivity (Wildman–Crippen MR) is 85.3 cm³/mol. The number of hydrogen-bond acceptors (Lipinski definition) is 3. The average Bonchev–Trinajstić information content (AvgIpc) is 2.24. The predicted octanol–water partition coefficient (Wildman–Crippen LogP) is 3.85. The Morgan fingerprint density at radius 2 is 1.84 bits per heavy atom. The van der Waals surface area contributed by atoms with E-state index in [1.807, 2.05) is 6.07 Å². The van der Waals surface area contributed by atoms with Crippen LogP contribution < -0.4 is 5.30 Å². The van der Waals surface area contributed by atoms with Crippen molar-refractivity contribution in [2.45, 2.75) is 45.5 Å². The minimum Gasteiger partial charge on any atom is -0.413 e. The van der Waals surface area contributed by atoms with Gasteiger partial charge in [0, 0.05) is 17.7 Å². The average molecular weight is 299 g/mol. The van der Waals surface area contributed by atoms with Gasteiger partial charge in [0.15, 0.2) is 8.32 Å². The number of hydrogen-bond donors (Lipinski definition) is 0. The van der Waals surface area contributed by atoms with Crippen LogP contribution in [0, 0.1) is 0 Å². The molecular weight excluding hydrogens is 273 g/mol. The molecule has 108 valence electrons. The van der Waals surface area contributed by atoms with E-state index < -0.39 is 15.5 Å². The lowest BCUT2D eigenvalue weighted by atomic mass is 10.2. The summed E-state index contributed by atoms with van der Waals surface area (Å²) >= 11 is 0. The third-order valence-corrected chi connectivity index (χ3v) is 9.77. The Morgan fingerprint density at radius 1 is 1.26 bits per heavy atom. The molecule has 0 atom stereocenters. The minimum absolute atomic E-state index is 0.197. The zero-order valence-electron chi connectivity index (χ0n) is 13.2. The summed E-state index contributed by atoms with van der Waals surface area (Å²) in [5.74, 6) is 0. The third-order valence-electron chi connectivity index (χ3n) is 3.81. The lowest BCUT2D eigenvalue weighted by Crippen LogP contribution is -2.40. The molecule has 0 fully saturated rings. The highest BCUT2D eigenvalue weighted by Crippen LogP contribution is 2.37. The lowest BCUT2D eigenvalue weighted by molar-refractivity contribution is 0.276. The second-order valence-corrected chi connectivity index (χ2v) is 15.0. The Labute approximate surface area is 118 Å². The molecule has 5 heteroatoms. The van der Waals surface area contributed by atoms with Crippen molar-refractivity contribution >= 4 is 20.8 Å². The molecule has 0 aliphatic carbocycles. The summed E-state index contributed by atoms with van der Waals surface area (Å²) in [6.45, 7) is 15.2. The molecule has 0 amide bonds. The van der Waals surface area contributed by atoms with Crippen molar-refractivity contribution in [3.05, 3.63) is 24.0 Å². The van der Waals surface area contributed by atoms with Gasteiger partial charge in [-0.3, -0.25) is 4.98 Å². The van der Waals surface area contributed by atoms with E-state index in [0.717, 1.165) is 10.9 Å². The van der Waals surface area contributed by atoms with Crippen molar-refractivity contribution in [1.82, 2.24) is 4.98 Å². The van der Waals surface area contributed by atoms with Crippen LogP contribution in [-0.4, -0.2) is 26.6 Å². The maximum atomic E-state index is 12.1. The molecule has 0 saturated heterocycles. The fourth-order valence-electron chi connectivity index (χ4n) is 1.33. The second-order valence-electron chi connectivity index (χ2n) is 6.95. The molecule has 0 radical (unpaired) electrons. The molecule has 1 rings (SSSR count). The standard InChI is InChI=1S/C14H26NO2PSi/c1-14(2,3)19(6,7)17-11-12-8-13(10-15-9-12)18(4,5)16/h8-10H,11H2,1-7H3. The number of pyridine rings is 1. The fraction of sp³-hybridized carbons (Fsp3) is 0.643. The van der Waals surface area contributed by atoms with Crippen LogP contribution in [0.1, 0.15) is 26.3 Å². The lowest BCUT2D eigenvalue weighted by Gasteiger charge is -2.36. The molecule has 0 N–H and O–H groups in total. The minimum atomic E-state index is -2.25. The molecule has 0 aliphatic heterocycles. The molecule has 0 bridgehead atoms. The number of nitrogens with zero attached hydrogens (tertiary/aromatic N) is 1. The summed E-state index contributed by atoms with van der Waals surface area (Å²) in [6.07, 6.45) is 3.49. The molecule has 1 aromatic rings. The summed E-state index contributed by atoms with van der Waals surface area (Å²) in [5.41, 5.74) is 1.01. The Balaban J connectivity index is 2.83. The van der Waals surface area contributed by atoms with E-state index in [4.69, 9.17) is 4.43 Å². The van der Waals surface area contributed by atoms with Gasteiger partial charge >= 0.3 is 0 Å². The van der Waals surface area contributed by atoms with Crippen LogP contribution in [0.25, 0.3) is 0 Å². The zero-order valence-corrected chi connectivity index (χ0v) is 15.0. The maximum absolute atomic E-state index is 12.1. The van der Waals surface area contributed by atoms with Gasteiger partial charge in [0.2, 0.25) is 0 Å². The van der Waals surface area contributed by atoms with Gasteiger partial charge in [-0.2, -0.15) is 0 Å². The first-order chi connectivity index (χ1) is 8.43. The van der Waals surface area contributed by atoms with Gasteiger partial charge in [0.25, 0.3) is 0 Å². The van der Waals surface area contributed by atoms with Crippen LogP contribution in [0.3, 0.4) is 0 Å². The molecule has 0 unspecified atom stereocenters. The first-order valence-corrected chi connectivity index (χ1v) is 12.1. The third kappa shape index (κ3) is 4.55. The van der Waals surface area contributed by atoms with Gasteiger partial charge < -0.3 is 8.99 Å². The molecule has 1 aromatic heterocycles. The van der Waals surface area contributed by atoms with Crippen LogP contribution >= 0.6 is 7.14 Å². The van der Waals surface area contributed by atoms with E-state index in [1.54, 1.807) is 25.7 Å². The molecular formula is C14H26NO2PSi. The Morgan fingerprint density at radius 3 is 2.32 bits per heavy atom. The number of aromatic nitrogens is 1. The van der Waals surface area contributed by atoms with E-state index >= 15 is 0 Å². The van der Waals surface area contributed by atoms with Crippen LogP contribution in [-0.2, 0) is 15.6 Å². The fourth-order valence-corrected chi connectivity index (χ4v) is 3.11. The van der Waals surface area contributed by atoms with Gasteiger partial charge in [0.1, 0.15) is 7.14 Å². The summed E-state index contributed by atoms with van der Waals surface area (Å²) in [4.78, 5) is 4.18. The summed E-state index contributed by atoms with van der Waals surface area (Å²) < 4.78 is 18.2. The van der Waals surface area contributed by atoms with Crippen molar-refractivity contribution < 1.29 is 8.99 Å². The van der Waals surface area contributed by atoms with Crippen molar-refractivity contribution in [3.63, 3.8) is 0 Å². The molecule has 1 heterocycles. The first-order valence-electron chi connectivity index (χ1n) is 6.57. The highest BCUT2D eigenvalue weighted by Gasteiger charge is 2.37. The highest BCUT2D eigenvalue weighted by atomic mass is 31.2. The van der Waals surface area contributed by atoms with Gasteiger partial charge in [-0.1, -0.05) is 20.8 Å². The number of rotatable bonds is 4. The van der Waals surface area contributed by atoms with Crippen LogP contribution in [0.15, 0.2) is 18.5 Å². The summed E-state index contributed by atoms with van der Waals surface area (Å²) in [7, 11) is -4.00. The smallest absolute Gasteiger partial charge is 0.192 e. The van der Waals surface area contributed by atoms with Gasteiger partial charge in [-0.25, -0.2) is 0 Å². The van der Waals surface area contributed by atoms with Gasteiger partial charge in [-0.15, -0.1) is 0 Å². The summed E-state index contributed by atoms with van der Waals surface area (Å²) in [5, 5.41) is 1.02. The Kier molecular flexibility index (Phi) is 4.82. The SMILES string of the molecule is CC(C)(C)[Si](C)(C)OCc1cncc(P(C)(C)=O)c1. The quantitative estimate of drug-likeness (QED) is 0.626. The topological polar surface area (TPSA) is 39.2 Å². The van der Waals surface area contributed by atoms with Crippen molar-refractivity contribution in [1.29, 1.82) is 0 Å². The zero-order chi connectivity index (χ0) is 14.9. The van der Waals surface area contributed by atoms with E-state index in [2.05, 4.69) is 38.8 Å². The summed E-state index contributed by atoms with van der Waals surface area (Å²) in [6, 6.07) is 1.96. The highest BCUT2D eigenvalue weighted by molar-refractivity contribution is 7.70. The second kappa shape index (κ2) is 5.51. The van der Waals surface area contributed by atoms with E-state index in [-0.39, 0.29) is 5.04 Å². The molecule has 0 saturated carbocycles. The maximum Gasteiger partial charge on any atom is 0.192 e. The van der Waals surface area contributed by atoms with Crippen LogP contribution in [0.2, 0.25) is 18.1 Å². The monoisotopic (exact) mass is 299 g/mol. The van der Waals surface area contributed by atoms with Crippen molar-refractivity contribution in [2.24, 2.45) is 0 Å². The van der Waals surface area contributed by atoms with Crippen molar-refractivity contribution in [2.75, 3.05) is 13.3 Å². The van der Waals surface area contributed by atoms with Gasteiger partial charge in [0.05, 0.1) is 6.61 Å². The molecule has 19 heavy (non-hydrogen) atoms. The van der Waals surface area contributed by atoms with Crippen LogP contribution in [0.4, 0.5) is 0 Å². The molecule has 0 aliphatic rings. The van der Waals surface area contributed by atoms with E-state index in [1.165, 1.54) is 0 Å². The normalized spacial score (nSPS) is 13.6.